The lowest BCUT2D eigenvalue weighted by atomic mass is 10.1. The Kier molecular flexibility index (Phi) is 6.84. The molecule has 0 saturated carbocycles. The van der Waals surface area contributed by atoms with Gasteiger partial charge in [0.05, 0.1) is 5.54 Å². The Morgan fingerprint density at radius 2 is 1.91 bits per heavy atom. The summed E-state index contributed by atoms with van der Waals surface area (Å²) in [4.78, 5) is 25.6. The normalized spacial score (nSPS) is 14.1. The first-order chi connectivity index (χ1) is 10.4. The second-order valence-corrected chi connectivity index (χ2v) is 6.23. The van der Waals surface area contributed by atoms with E-state index in [9.17, 15) is 9.59 Å². The number of halogens is 1. The lowest BCUT2D eigenvalue weighted by molar-refractivity contribution is -0.125. The van der Waals surface area contributed by atoms with E-state index in [1.54, 1.807) is 13.8 Å². The van der Waals surface area contributed by atoms with E-state index in [-0.39, 0.29) is 24.3 Å². The molecular weight excluding hydrogens is 316 g/mol. The predicted molar refractivity (Wildman–Crippen MR) is 93.6 cm³/mol. The molecule has 4 N–H and O–H groups in total. The number of hydrogen-bond acceptors (Lipinski definition) is 3. The van der Waals surface area contributed by atoms with Gasteiger partial charge in [0.1, 0.15) is 0 Å². The van der Waals surface area contributed by atoms with Crippen LogP contribution in [-0.4, -0.2) is 35.5 Å². The van der Waals surface area contributed by atoms with E-state index >= 15 is 0 Å². The Hall–Kier alpha value is -1.79. The molecule has 0 radical (unpaired) electrons. The third-order valence-electron chi connectivity index (χ3n) is 3.61. The van der Waals surface area contributed by atoms with Crippen LogP contribution in [0.5, 0.6) is 0 Å². The van der Waals surface area contributed by atoms with Crippen LogP contribution in [-0.2, 0) is 11.3 Å². The number of carbonyl (C=O) groups excluding carboxylic acids is 2. The fraction of sp³-hybridized carbons (Fsp3) is 0.500. The molecule has 2 rings (SSSR count). The maximum Gasteiger partial charge on any atom is 0.321 e. The maximum absolute atomic E-state index is 12.1. The Balaban J connectivity index is 0.00000264. The molecule has 0 spiro atoms. The lowest BCUT2D eigenvalue weighted by Gasteiger charge is -2.18. The summed E-state index contributed by atoms with van der Waals surface area (Å²) >= 11 is 0. The molecule has 1 aromatic rings. The van der Waals surface area contributed by atoms with Crippen LogP contribution >= 0.6 is 12.4 Å². The molecule has 7 heteroatoms. The molecule has 3 amide bonds. The number of carbonyl (C=O) groups is 2. The third-order valence-corrected chi connectivity index (χ3v) is 3.61. The molecule has 1 fully saturated rings. The minimum absolute atomic E-state index is 0. The van der Waals surface area contributed by atoms with Crippen LogP contribution in [0.4, 0.5) is 10.5 Å². The van der Waals surface area contributed by atoms with Crippen molar-refractivity contribution in [3.63, 3.8) is 0 Å². The molecule has 1 heterocycles. The first-order valence-electron chi connectivity index (χ1n) is 7.58. The van der Waals surface area contributed by atoms with E-state index in [1.165, 1.54) is 0 Å². The van der Waals surface area contributed by atoms with Crippen LogP contribution in [0.3, 0.4) is 0 Å². The van der Waals surface area contributed by atoms with Crippen molar-refractivity contribution in [1.29, 1.82) is 0 Å². The summed E-state index contributed by atoms with van der Waals surface area (Å²) in [5.41, 5.74) is 6.48. The third kappa shape index (κ3) is 5.73. The molecule has 6 nitrogen and oxygen atoms in total. The quantitative estimate of drug-likeness (QED) is 0.784. The second-order valence-electron chi connectivity index (χ2n) is 6.23. The van der Waals surface area contributed by atoms with Crippen LogP contribution < -0.4 is 16.4 Å². The van der Waals surface area contributed by atoms with Gasteiger partial charge in [0, 0.05) is 25.3 Å². The van der Waals surface area contributed by atoms with Gasteiger partial charge >= 0.3 is 6.03 Å². The number of anilines is 1. The molecule has 23 heavy (non-hydrogen) atoms. The molecule has 1 aromatic carbocycles. The number of rotatable bonds is 4. The zero-order valence-electron chi connectivity index (χ0n) is 13.6. The summed E-state index contributed by atoms with van der Waals surface area (Å²) < 4.78 is 0. The monoisotopic (exact) mass is 340 g/mol. The van der Waals surface area contributed by atoms with Gasteiger partial charge < -0.3 is 21.3 Å². The van der Waals surface area contributed by atoms with Gasteiger partial charge in [0.2, 0.25) is 5.91 Å². The topological polar surface area (TPSA) is 87.5 Å². The molecule has 1 aliphatic rings. The minimum atomic E-state index is -0.901. The van der Waals surface area contributed by atoms with Crippen LogP contribution in [0.25, 0.3) is 0 Å². The smallest absolute Gasteiger partial charge is 0.321 e. The molecule has 0 aliphatic carbocycles. The van der Waals surface area contributed by atoms with Crippen molar-refractivity contribution < 1.29 is 9.59 Å². The van der Waals surface area contributed by atoms with Crippen molar-refractivity contribution >= 4 is 30.0 Å². The molecule has 0 bridgehead atoms. The summed E-state index contributed by atoms with van der Waals surface area (Å²) in [6, 6.07) is 7.38. The highest BCUT2D eigenvalue weighted by Gasteiger charge is 2.21. The number of hydrogen-bond donors (Lipinski definition) is 3. The van der Waals surface area contributed by atoms with Gasteiger partial charge in [-0.05, 0) is 44.4 Å². The Morgan fingerprint density at radius 1 is 1.26 bits per heavy atom. The molecule has 0 unspecified atom stereocenters. The average molecular weight is 341 g/mol. The summed E-state index contributed by atoms with van der Waals surface area (Å²) in [6.45, 7) is 5.33. The van der Waals surface area contributed by atoms with Crippen molar-refractivity contribution in [1.82, 2.24) is 10.2 Å². The van der Waals surface area contributed by atoms with E-state index in [1.807, 2.05) is 29.2 Å². The first-order valence-corrected chi connectivity index (χ1v) is 7.58. The highest BCUT2D eigenvalue weighted by Crippen LogP contribution is 2.14. The van der Waals surface area contributed by atoms with E-state index in [2.05, 4.69) is 10.6 Å². The number of nitrogens with one attached hydrogen (secondary N) is 2. The Labute approximate surface area is 143 Å². The molecule has 1 saturated heterocycles. The number of benzene rings is 1. The second kappa shape index (κ2) is 8.17. The minimum Gasteiger partial charge on any atom is -0.350 e. The van der Waals surface area contributed by atoms with Crippen molar-refractivity contribution in [2.45, 2.75) is 38.8 Å². The zero-order valence-corrected chi connectivity index (χ0v) is 14.4. The summed E-state index contributed by atoms with van der Waals surface area (Å²) in [6.07, 6.45) is 2.13. The largest absolute Gasteiger partial charge is 0.350 e. The molecule has 0 aromatic heterocycles. The number of nitrogens with zero attached hydrogens (tertiary/aromatic N) is 1. The van der Waals surface area contributed by atoms with Gasteiger partial charge in [0.15, 0.2) is 0 Å². The van der Waals surface area contributed by atoms with Crippen molar-refractivity contribution in [2.24, 2.45) is 5.73 Å². The van der Waals surface area contributed by atoms with E-state index in [0.717, 1.165) is 37.2 Å². The van der Waals surface area contributed by atoms with Gasteiger partial charge in [-0.1, -0.05) is 12.1 Å². The fourth-order valence-electron chi connectivity index (χ4n) is 2.29. The zero-order chi connectivity index (χ0) is 16.2. The average Bonchev–Trinajstić information content (AvgIpc) is 2.98. The van der Waals surface area contributed by atoms with Gasteiger partial charge in [-0.25, -0.2) is 4.79 Å². The maximum atomic E-state index is 12.1. The number of nitrogens with two attached hydrogens (primary N) is 1. The van der Waals surface area contributed by atoms with Crippen molar-refractivity contribution in [3.05, 3.63) is 29.8 Å². The number of likely N-dealkylation sites (tertiary alicyclic amines) is 1. The standard InChI is InChI=1S/C16H24N4O2.ClH/c1-16(2,17)14(21)18-11-12-6-5-7-13(10-12)19-15(22)20-8-3-4-9-20;/h5-7,10H,3-4,8-9,11,17H2,1-2H3,(H,18,21)(H,19,22);1H. The molecular formula is C16H25ClN4O2. The SMILES string of the molecule is CC(C)(N)C(=O)NCc1cccc(NC(=O)N2CCCC2)c1.Cl. The van der Waals surface area contributed by atoms with Gasteiger partial charge in [-0.15, -0.1) is 12.4 Å². The number of amides is 3. The lowest BCUT2D eigenvalue weighted by Crippen LogP contribution is -2.48. The van der Waals surface area contributed by atoms with Gasteiger partial charge in [-0.3, -0.25) is 4.79 Å². The van der Waals surface area contributed by atoms with Gasteiger partial charge in [0.25, 0.3) is 0 Å². The van der Waals surface area contributed by atoms with Crippen molar-refractivity contribution in [2.75, 3.05) is 18.4 Å². The van der Waals surface area contributed by atoms with Gasteiger partial charge in [-0.2, -0.15) is 0 Å². The van der Waals surface area contributed by atoms with Crippen LogP contribution in [0.1, 0.15) is 32.3 Å². The Morgan fingerprint density at radius 3 is 2.52 bits per heavy atom. The van der Waals surface area contributed by atoms with Crippen molar-refractivity contribution in [3.8, 4) is 0 Å². The highest BCUT2D eigenvalue weighted by atomic mass is 35.5. The van der Waals surface area contributed by atoms with Crippen LogP contribution in [0, 0.1) is 0 Å². The van der Waals surface area contributed by atoms with E-state index in [0.29, 0.717) is 6.54 Å². The fourth-order valence-corrected chi connectivity index (χ4v) is 2.29. The van der Waals surface area contributed by atoms with E-state index < -0.39 is 5.54 Å². The summed E-state index contributed by atoms with van der Waals surface area (Å²) in [7, 11) is 0. The van der Waals surface area contributed by atoms with Crippen LogP contribution in [0.2, 0.25) is 0 Å². The first kappa shape index (κ1) is 19.3. The predicted octanol–water partition coefficient (Wildman–Crippen LogP) is 2.09. The molecule has 1 aliphatic heterocycles. The van der Waals surface area contributed by atoms with Crippen LogP contribution in [0.15, 0.2) is 24.3 Å². The molecule has 128 valence electrons. The number of urea groups is 1. The molecule has 0 atom stereocenters. The Bertz CT molecular complexity index is 551. The highest BCUT2D eigenvalue weighted by molar-refractivity contribution is 5.89. The summed E-state index contributed by atoms with van der Waals surface area (Å²) in [5, 5.41) is 5.68. The van der Waals surface area contributed by atoms with E-state index in [4.69, 9.17) is 5.73 Å². The summed E-state index contributed by atoms with van der Waals surface area (Å²) in [5.74, 6) is -0.209.